The fourth-order valence-electron chi connectivity index (χ4n) is 3.72. The van der Waals surface area contributed by atoms with Crippen LogP contribution in [0.15, 0.2) is 51.2 Å². The van der Waals surface area contributed by atoms with Crippen molar-refractivity contribution in [2.24, 2.45) is 14.1 Å². The number of carbonyl (C=O) groups is 1. The van der Waals surface area contributed by atoms with E-state index >= 15 is 0 Å². The molecule has 0 unspecified atom stereocenters. The molecule has 0 saturated heterocycles. The maximum atomic E-state index is 12.6. The first-order valence-corrected chi connectivity index (χ1v) is 10.1. The molecule has 0 aliphatic heterocycles. The highest BCUT2D eigenvalue weighted by atomic mass is 16.2. The number of hydrogen-bond acceptors (Lipinski definition) is 5. The summed E-state index contributed by atoms with van der Waals surface area (Å²) in [4.78, 5) is 56.1. The summed E-state index contributed by atoms with van der Waals surface area (Å²) < 4.78 is 5.51. The Morgan fingerprint density at radius 3 is 2.59 bits per heavy atom. The van der Waals surface area contributed by atoms with Crippen LogP contribution in [0.2, 0.25) is 0 Å². The molecule has 0 fully saturated rings. The summed E-state index contributed by atoms with van der Waals surface area (Å²) in [6.45, 7) is 2.18. The number of hydrogen-bond donors (Lipinski definition) is 2. The largest absolute Gasteiger partial charge is 0.332 e. The predicted octanol–water partition coefficient (Wildman–Crippen LogP) is 0.640. The zero-order valence-electron chi connectivity index (χ0n) is 18.0. The van der Waals surface area contributed by atoms with Gasteiger partial charge in [0.2, 0.25) is 5.91 Å². The van der Waals surface area contributed by atoms with Crippen molar-refractivity contribution in [2.45, 2.75) is 26.3 Å². The van der Waals surface area contributed by atoms with E-state index in [1.165, 1.54) is 22.5 Å². The van der Waals surface area contributed by atoms with Crippen LogP contribution in [0.1, 0.15) is 18.5 Å². The van der Waals surface area contributed by atoms with Gasteiger partial charge in [0.05, 0.1) is 17.7 Å². The summed E-state index contributed by atoms with van der Waals surface area (Å²) in [6, 6.07) is 7.07. The minimum atomic E-state index is -0.442. The third-order valence-corrected chi connectivity index (χ3v) is 5.40. The molecule has 3 heterocycles. The van der Waals surface area contributed by atoms with Gasteiger partial charge >= 0.3 is 11.4 Å². The lowest BCUT2D eigenvalue weighted by atomic mass is 10.2. The van der Waals surface area contributed by atoms with E-state index in [1.54, 1.807) is 49.0 Å². The van der Waals surface area contributed by atoms with E-state index < -0.39 is 11.2 Å². The highest BCUT2D eigenvalue weighted by Gasteiger charge is 2.15. The minimum Gasteiger partial charge on any atom is -0.325 e. The predicted molar refractivity (Wildman–Crippen MR) is 119 cm³/mol. The van der Waals surface area contributed by atoms with Gasteiger partial charge in [-0.2, -0.15) is 0 Å². The molecular formula is C21H23N7O4. The molecule has 0 radical (unpaired) electrons. The Morgan fingerprint density at radius 1 is 1.12 bits per heavy atom. The van der Waals surface area contributed by atoms with Gasteiger partial charge < -0.3 is 14.9 Å². The van der Waals surface area contributed by atoms with Gasteiger partial charge in [-0.25, -0.2) is 14.6 Å². The quantitative estimate of drug-likeness (QED) is 0.457. The average Bonchev–Trinajstić information content (AvgIpc) is 3.34. The standard InChI is InChI=1S/C21H23N7O4/c1-13-11-22-20(31)28(13)15-8-5-4-7-14(15)24-16(29)9-6-10-27-12-23-18-17(27)19(30)26(3)21(32)25(18)2/h4-5,7-8,11-12H,6,9-10H2,1-3H3,(H,22,31)(H,24,29). The van der Waals surface area contributed by atoms with Crippen molar-refractivity contribution in [1.82, 2.24) is 28.2 Å². The number of aryl methyl sites for hydroxylation is 3. The van der Waals surface area contributed by atoms with E-state index in [1.807, 2.05) is 0 Å². The van der Waals surface area contributed by atoms with E-state index in [-0.39, 0.29) is 18.0 Å². The molecule has 0 saturated carbocycles. The number of aromatic nitrogens is 6. The number of carbonyl (C=O) groups excluding carboxylic acids is 1. The highest BCUT2D eigenvalue weighted by molar-refractivity contribution is 5.92. The van der Waals surface area contributed by atoms with Gasteiger partial charge in [0.25, 0.3) is 5.56 Å². The van der Waals surface area contributed by atoms with Crippen molar-refractivity contribution in [1.29, 1.82) is 0 Å². The van der Waals surface area contributed by atoms with E-state index in [9.17, 15) is 19.2 Å². The molecule has 1 aromatic carbocycles. The third-order valence-electron chi connectivity index (χ3n) is 5.40. The van der Waals surface area contributed by atoms with Crippen molar-refractivity contribution in [3.05, 3.63) is 73.8 Å². The first-order chi connectivity index (χ1) is 15.3. The molecule has 2 N–H and O–H groups in total. The number of benzene rings is 1. The zero-order valence-corrected chi connectivity index (χ0v) is 18.0. The Morgan fingerprint density at radius 2 is 1.88 bits per heavy atom. The lowest BCUT2D eigenvalue weighted by molar-refractivity contribution is -0.116. The summed E-state index contributed by atoms with van der Waals surface area (Å²) in [6.07, 6.45) is 3.76. The molecule has 1 amide bonds. The summed E-state index contributed by atoms with van der Waals surface area (Å²) >= 11 is 0. The van der Waals surface area contributed by atoms with Crippen molar-refractivity contribution < 1.29 is 4.79 Å². The molecular weight excluding hydrogens is 414 g/mol. The molecule has 0 aliphatic carbocycles. The summed E-state index contributed by atoms with van der Waals surface area (Å²) in [5.41, 5.74) is 1.31. The Balaban J connectivity index is 1.49. The number of aromatic amines is 1. The lowest BCUT2D eigenvalue weighted by Crippen LogP contribution is -2.37. The van der Waals surface area contributed by atoms with Crippen molar-refractivity contribution in [3.8, 4) is 5.69 Å². The minimum absolute atomic E-state index is 0.196. The molecule has 0 spiro atoms. The number of amides is 1. The van der Waals surface area contributed by atoms with Gasteiger partial charge in [0.15, 0.2) is 11.2 Å². The molecule has 3 aromatic heterocycles. The summed E-state index contributed by atoms with van der Waals surface area (Å²) in [5, 5.41) is 2.86. The molecule has 0 atom stereocenters. The molecule has 11 nitrogen and oxygen atoms in total. The molecule has 4 aromatic rings. The number of imidazole rings is 2. The maximum absolute atomic E-state index is 12.6. The molecule has 32 heavy (non-hydrogen) atoms. The second-order valence-electron chi connectivity index (χ2n) is 7.56. The maximum Gasteiger partial charge on any atom is 0.332 e. The smallest absolute Gasteiger partial charge is 0.325 e. The van der Waals surface area contributed by atoms with E-state index in [2.05, 4.69) is 15.3 Å². The first kappa shape index (κ1) is 21.1. The number of nitrogens with zero attached hydrogens (tertiary/aromatic N) is 5. The van der Waals surface area contributed by atoms with Crippen molar-refractivity contribution in [3.63, 3.8) is 0 Å². The fraction of sp³-hybridized carbons (Fsp3) is 0.286. The Bertz CT molecular complexity index is 1500. The van der Waals surface area contributed by atoms with Gasteiger partial charge in [-0.15, -0.1) is 0 Å². The number of anilines is 1. The molecule has 4 rings (SSSR count). The van der Waals surface area contributed by atoms with Crippen LogP contribution < -0.4 is 22.3 Å². The lowest BCUT2D eigenvalue weighted by Gasteiger charge is -2.12. The van der Waals surface area contributed by atoms with E-state index in [0.717, 1.165) is 10.3 Å². The Kier molecular flexibility index (Phi) is 5.39. The van der Waals surface area contributed by atoms with Gasteiger partial charge in [0, 0.05) is 39.0 Å². The molecule has 11 heteroatoms. The van der Waals surface area contributed by atoms with E-state index in [4.69, 9.17) is 0 Å². The van der Waals surface area contributed by atoms with Gasteiger partial charge in [0.1, 0.15) is 0 Å². The third kappa shape index (κ3) is 3.57. The first-order valence-electron chi connectivity index (χ1n) is 10.1. The normalized spacial score (nSPS) is 11.2. The van der Waals surface area contributed by atoms with Crippen LogP contribution in [-0.4, -0.2) is 34.1 Å². The van der Waals surface area contributed by atoms with Crippen LogP contribution in [0, 0.1) is 6.92 Å². The molecule has 0 aliphatic rings. The summed E-state index contributed by atoms with van der Waals surface area (Å²) in [7, 11) is 2.98. The fourth-order valence-corrected chi connectivity index (χ4v) is 3.72. The van der Waals surface area contributed by atoms with Gasteiger partial charge in [-0.05, 0) is 25.5 Å². The average molecular weight is 437 g/mol. The summed E-state index contributed by atoms with van der Waals surface area (Å²) in [5.74, 6) is -0.219. The second-order valence-corrected chi connectivity index (χ2v) is 7.56. The van der Waals surface area contributed by atoms with Crippen LogP contribution in [0.25, 0.3) is 16.9 Å². The Hall–Kier alpha value is -4.15. The van der Waals surface area contributed by atoms with Crippen molar-refractivity contribution >= 4 is 22.8 Å². The van der Waals surface area contributed by atoms with Crippen LogP contribution >= 0.6 is 0 Å². The molecule has 166 valence electrons. The van der Waals surface area contributed by atoms with Crippen LogP contribution in [0.4, 0.5) is 5.69 Å². The van der Waals surface area contributed by atoms with Crippen LogP contribution in [-0.2, 0) is 25.4 Å². The number of rotatable bonds is 6. The van der Waals surface area contributed by atoms with Gasteiger partial charge in [-0.3, -0.25) is 23.3 Å². The SMILES string of the molecule is Cc1c[nH]c(=O)n1-c1ccccc1NC(=O)CCCn1cnc2c1c(=O)n(C)c(=O)n2C. The van der Waals surface area contributed by atoms with Crippen molar-refractivity contribution in [2.75, 3.05) is 5.32 Å². The topological polar surface area (TPSA) is 129 Å². The monoisotopic (exact) mass is 437 g/mol. The number of nitrogens with one attached hydrogen (secondary N) is 2. The van der Waals surface area contributed by atoms with Crippen LogP contribution in [0.3, 0.4) is 0 Å². The van der Waals surface area contributed by atoms with Gasteiger partial charge in [-0.1, -0.05) is 12.1 Å². The zero-order chi connectivity index (χ0) is 23.0. The Labute approximate surface area is 181 Å². The number of fused-ring (bicyclic) bond motifs is 1. The number of H-pyrrole nitrogens is 1. The number of para-hydroxylation sites is 2. The molecule has 0 bridgehead atoms. The second kappa shape index (κ2) is 8.17. The van der Waals surface area contributed by atoms with E-state index in [0.29, 0.717) is 35.5 Å². The van der Waals surface area contributed by atoms with Crippen LogP contribution in [0.5, 0.6) is 0 Å². The highest BCUT2D eigenvalue weighted by Crippen LogP contribution is 2.20.